The number of rotatable bonds is 3. The van der Waals surface area contributed by atoms with Crippen molar-refractivity contribution in [3.8, 4) is 0 Å². The number of halogens is 1. The Kier molecular flexibility index (Phi) is 3.37. The fourth-order valence-electron chi connectivity index (χ4n) is 5.88. The van der Waals surface area contributed by atoms with Crippen LogP contribution in [0.25, 0.3) is 0 Å². The molecule has 4 bridgehead atoms. The predicted molar refractivity (Wildman–Crippen MR) is 92.6 cm³/mol. The molecule has 0 spiro atoms. The summed E-state index contributed by atoms with van der Waals surface area (Å²) in [6.07, 6.45) is 9.02. The molecule has 0 heterocycles. The first-order valence-electron chi connectivity index (χ1n) is 8.57. The number of nitrogens with one attached hydrogen (secondary N) is 1. The highest BCUT2D eigenvalue weighted by atomic mass is 79.9. The van der Waals surface area contributed by atoms with Gasteiger partial charge in [-0.2, -0.15) is 0 Å². The first-order chi connectivity index (χ1) is 10.0. The molecule has 0 radical (unpaired) electrons. The molecule has 4 fully saturated rings. The molecule has 4 aliphatic rings. The molecule has 2 heteroatoms. The first kappa shape index (κ1) is 14.1. The van der Waals surface area contributed by atoms with Crippen molar-refractivity contribution in [2.24, 2.45) is 23.2 Å². The molecule has 0 saturated heterocycles. The lowest BCUT2D eigenvalue weighted by Gasteiger charge is -2.59. The highest BCUT2D eigenvalue weighted by Crippen LogP contribution is 2.61. The molecule has 4 saturated carbocycles. The van der Waals surface area contributed by atoms with Gasteiger partial charge in [-0.15, -0.1) is 0 Å². The van der Waals surface area contributed by atoms with Gasteiger partial charge in [0.2, 0.25) is 0 Å². The predicted octanol–water partition coefficient (Wildman–Crippen LogP) is 5.77. The maximum atomic E-state index is 3.87. The lowest BCUT2D eigenvalue weighted by molar-refractivity contribution is -0.0602. The number of benzene rings is 1. The number of hydrogen-bond donors (Lipinski definition) is 1. The molecular formula is C19H26BrN. The Balaban J connectivity index is 1.56. The van der Waals surface area contributed by atoms with Crippen LogP contribution in [0.15, 0.2) is 22.7 Å². The standard InChI is InChI=1S/C19H26BrN/c1-12-5-17(20)3-4-18(12)21-13(2)19-9-14-6-15(10-19)8-16(7-14)11-19/h3-5,13-16,21H,6-11H2,1-2H3. The van der Waals surface area contributed by atoms with Crippen LogP contribution in [-0.2, 0) is 0 Å². The quantitative estimate of drug-likeness (QED) is 0.731. The SMILES string of the molecule is Cc1cc(Br)ccc1NC(C)C12CC3CC(CC(C3)C1)C2. The number of hydrogen-bond acceptors (Lipinski definition) is 1. The van der Waals surface area contributed by atoms with Gasteiger partial charge in [0.25, 0.3) is 0 Å². The van der Waals surface area contributed by atoms with E-state index in [0.717, 1.165) is 17.8 Å². The Morgan fingerprint density at radius 1 is 1.10 bits per heavy atom. The summed E-state index contributed by atoms with van der Waals surface area (Å²) >= 11 is 3.57. The summed E-state index contributed by atoms with van der Waals surface area (Å²) in [5, 5.41) is 3.87. The zero-order valence-corrected chi connectivity index (χ0v) is 14.7. The molecular weight excluding hydrogens is 322 g/mol. The maximum absolute atomic E-state index is 3.87. The minimum absolute atomic E-state index is 0.578. The lowest BCUT2D eigenvalue weighted by Crippen LogP contribution is -2.52. The van der Waals surface area contributed by atoms with Crippen molar-refractivity contribution in [3.05, 3.63) is 28.2 Å². The van der Waals surface area contributed by atoms with E-state index in [1.54, 1.807) is 0 Å². The summed E-state index contributed by atoms with van der Waals surface area (Å²) in [5.74, 6) is 3.10. The molecule has 0 aliphatic heterocycles. The van der Waals surface area contributed by atoms with Gasteiger partial charge in [0.1, 0.15) is 0 Å². The van der Waals surface area contributed by atoms with Gasteiger partial charge < -0.3 is 5.32 Å². The second kappa shape index (κ2) is 5.01. The molecule has 1 aromatic rings. The van der Waals surface area contributed by atoms with Crippen LogP contribution in [-0.4, -0.2) is 6.04 Å². The van der Waals surface area contributed by atoms with Crippen molar-refractivity contribution in [1.82, 2.24) is 0 Å². The molecule has 0 amide bonds. The summed E-state index contributed by atoms with van der Waals surface area (Å²) in [6, 6.07) is 7.21. The molecule has 0 aromatic heterocycles. The van der Waals surface area contributed by atoms with Gasteiger partial charge in [0, 0.05) is 16.2 Å². The smallest absolute Gasteiger partial charge is 0.0372 e. The van der Waals surface area contributed by atoms with Crippen LogP contribution in [0, 0.1) is 30.1 Å². The van der Waals surface area contributed by atoms with E-state index < -0.39 is 0 Å². The number of aryl methyl sites for hydroxylation is 1. The average Bonchev–Trinajstić information content (AvgIpc) is 2.40. The van der Waals surface area contributed by atoms with E-state index in [4.69, 9.17) is 0 Å². The molecule has 1 aromatic carbocycles. The topological polar surface area (TPSA) is 12.0 Å². The molecule has 114 valence electrons. The minimum Gasteiger partial charge on any atom is -0.382 e. The third kappa shape index (κ3) is 2.44. The fraction of sp³-hybridized carbons (Fsp3) is 0.684. The zero-order valence-electron chi connectivity index (χ0n) is 13.2. The largest absolute Gasteiger partial charge is 0.382 e. The highest BCUT2D eigenvalue weighted by Gasteiger charge is 2.53. The van der Waals surface area contributed by atoms with Crippen molar-refractivity contribution >= 4 is 21.6 Å². The Labute approximate surface area is 137 Å². The van der Waals surface area contributed by atoms with Crippen molar-refractivity contribution in [3.63, 3.8) is 0 Å². The minimum atomic E-state index is 0.578. The second-order valence-electron chi connectivity index (χ2n) is 8.11. The van der Waals surface area contributed by atoms with Gasteiger partial charge in [0.05, 0.1) is 0 Å². The van der Waals surface area contributed by atoms with Crippen molar-refractivity contribution < 1.29 is 0 Å². The summed E-state index contributed by atoms with van der Waals surface area (Å²) < 4.78 is 1.17. The van der Waals surface area contributed by atoms with E-state index in [1.165, 1.54) is 54.2 Å². The van der Waals surface area contributed by atoms with Gasteiger partial charge >= 0.3 is 0 Å². The van der Waals surface area contributed by atoms with Gasteiger partial charge in [-0.25, -0.2) is 0 Å². The van der Waals surface area contributed by atoms with Gasteiger partial charge in [-0.3, -0.25) is 0 Å². The molecule has 1 nitrogen and oxygen atoms in total. The highest BCUT2D eigenvalue weighted by molar-refractivity contribution is 9.10. The van der Waals surface area contributed by atoms with Gasteiger partial charge in [0.15, 0.2) is 0 Å². The third-order valence-electron chi connectivity index (χ3n) is 6.56. The molecule has 21 heavy (non-hydrogen) atoms. The third-order valence-corrected chi connectivity index (χ3v) is 7.06. The normalized spacial score (nSPS) is 38.5. The van der Waals surface area contributed by atoms with E-state index in [-0.39, 0.29) is 0 Å². The molecule has 1 N–H and O–H groups in total. The van der Waals surface area contributed by atoms with E-state index in [0.29, 0.717) is 11.5 Å². The van der Waals surface area contributed by atoms with E-state index in [2.05, 4.69) is 53.3 Å². The molecule has 1 atom stereocenters. The summed E-state index contributed by atoms with van der Waals surface area (Å²) in [4.78, 5) is 0. The molecule has 5 rings (SSSR count). The Morgan fingerprint density at radius 2 is 1.67 bits per heavy atom. The zero-order chi connectivity index (χ0) is 14.6. The number of anilines is 1. The maximum Gasteiger partial charge on any atom is 0.0372 e. The van der Waals surface area contributed by atoms with Gasteiger partial charge in [-0.05, 0) is 99.3 Å². The van der Waals surface area contributed by atoms with Crippen LogP contribution in [0.5, 0.6) is 0 Å². The van der Waals surface area contributed by atoms with Crippen LogP contribution in [0.1, 0.15) is 51.0 Å². The monoisotopic (exact) mass is 347 g/mol. The van der Waals surface area contributed by atoms with Crippen LogP contribution in [0.3, 0.4) is 0 Å². The van der Waals surface area contributed by atoms with E-state index >= 15 is 0 Å². The second-order valence-corrected chi connectivity index (χ2v) is 9.02. The van der Waals surface area contributed by atoms with Crippen molar-refractivity contribution in [2.75, 3.05) is 5.32 Å². The fourth-order valence-corrected chi connectivity index (χ4v) is 6.36. The van der Waals surface area contributed by atoms with Crippen LogP contribution >= 0.6 is 15.9 Å². The Bertz CT molecular complexity index is 515. The van der Waals surface area contributed by atoms with Crippen molar-refractivity contribution in [1.29, 1.82) is 0 Å². The van der Waals surface area contributed by atoms with Crippen LogP contribution < -0.4 is 5.32 Å². The Hall–Kier alpha value is -0.500. The lowest BCUT2D eigenvalue weighted by atomic mass is 9.48. The van der Waals surface area contributed by atoms with Crippen LogP contribution in [0.4, 0.5) is 5.69 Å². The Morgan fingerprint density at radius 3 is 2.19 bits per heavy atom. The summed E-state index contributed by atoms with van der Waals surface area (Å²) in [5.41, 5.74) is 3.25. The first-order valence-corrected chi connectivity index (χ1v) is 9.36. The van der Waals surface area contributed by atoms with Crippen molar-refractivity contribution in [2.45, 2.75) is 58.4 Å². The molecule has 4 aliphatic carbocycles. The summed E-state index contributed by atoms with van der Waals surface area (Å²) in [6.45, 7) is 4.65. The van der Waals surface area contributed by atoms with Crippen LogP contribution in [0.2, 0.25) is 0 Å². The van der Waals surface area contributed by atoms with E-state index in [1.807, 2.05) is 0 Å². The van der Waals surface area contributed by atoms with E-state index in [9.17, 15) is 0 Å². The van der Waals surface area contributed by atoms with Gasteiger partial charge in [-0.1, -0.05) is 15.9 Å². The molecule has 1 unspecified atom stereocenters. The summed E-state index contributed by atoms with van der Waals surface area (Å²) in [7, 11) is 0. The average molecular weight is 348 g/mol.